The van der Waals surface area contributed by atoms with Crippen LogP contribution in [0.3, 0.4) is 0 Å². The highest BCUT2D eigenvalue weighted by Crippen LogP contribution is 2.33. The van der Waals surface area contributed by atoms with Crippen molar-refractivity contribution in [3.8, 4) is 11.3 Å². The molecule has 1 saturated heterocycles. The van der Waals surface area contributed by atoms with Crippen molar-refractivity contribution < 1.29 is 23.9 Å². The molecule has 1 aliphatic rings. The highest BCUT2D eigenvalue weighted by atomic mass is 32.2. The van der Waals surface area contributed by atoms with E-state index in [1.54, 1.807) is 31.2 Å². The second-order valence-electron chi connectivity index (χ2n) is 5.28. The fraction of sp³-hybridized carbons (Fsp3) is 0.118. The minimum absolute atomic E-state index is 0.208. The molecule has 0 saturated carbocycles. The summed E-state index contributed by atoms with van der Waals surface area (Å²) in [6.07, 6.45) is 1.53. The third kappa shape index (κ3) is 2.85. The maximum atomic E-state index is 11.9. The summed E-state index contributed by atoms with van der Waals surface area (Å²) >= 11 is 0.863. The molecular weight excluding hydrogens is 330 g/mol. The molecule has 24 heavy (non-hydrogen) atoms. The molecule has 1 fully saturated rings. The van der Waals surface area contributed by atoms with Crippen molar-refractivity contribution in [3.05, 3.63) is 52.1 Å². The molecule has 1 aromatic heterocycles. The summed E-state index contributed by atoms with van der Waals surface area (Å²) in [4.78, 5) is 35.7. The van der Waals surface area contributed by atoms with E-state index in [-0.39, 0.29) is 16.7 Å². The number of hydrogen-bond donors (Lipinski definition) is 1. The number of carboxylic acids is 1. The maximum absolute atomic E-state index is 11.9. The maximum Gasteiger partial charge on any atom is 0.335 e. The molecule has 0 radical (unpaired) electrons. The van der Waals surface area contributed by atoms with Crippen LogP contribution in [0.2, 0.25) is 0 Å². The molecule has 0 aliphatic carbocycles. The van der Waals surface area contributed by atoms with Gasteiger partial charge in [0.1, 0.15) is 11.5 Å². The van der Waals surface area contributed by atoms with Crippen LogP contribution in [0.5, 0.6) is 0 Å². The summed E-state index contributed by atoms with van der Waals surface area (Å²) in [6, 6.07) is 8.20. The predicted octanol–water partition coefficient (Wildman–Crippen LogP) is 3.62. The molecule has 2 heterocycles. The van der Waals surface area contributed by atoms with Crippen molar-refractivity contribution in [2.45, 2.75) is 6.92 Å². The van der Waals surface area contributed by atoms with Gasteiger partial charge in [0, 0.05) is 18.7 Å². The number of nitrogens with zero attached hydrogens (tertiary/aromatic N) is 1. The van der Waals surface area contributed by atoms with Crippen molar-refractivity contribution in [3.63, 3.8) is 0 Å². The molecular formula is C17H13NO5S. The van der Waals surface area contributed by atoms with E-state index in [0.29, 0.717) is 16.4 Å². The van der Waals surface area contributed by atoms with E-state index in [9.17, 15) is 14.4 Å². The Balaban J connectivity index is 1.91. The first-order valence-electron chi connectivity index (χ1n) is 7.02. The Bertz CT molecular complexity index is 896. The Hall–Kier alpha value is -2.80. The monoisotopic (exact) mass is 343 g/mol. The van der Waals surface area contributed by atoms with Gasteiger partial charge in [0.25, 0.3) is 11.1 Å². The van der Waals surface area contributed by atoms with Gasteiger partial charge in [-0.2, -0.15) is 0 Å². The summed E-state index contributed by atoms with van der Waals surface area (Å²) in [6.45, 7) is 1.80. The Morgan fingerprint density at radius 1 is 1.25 bits per heavy atom. The number of carbonyl (C=O) groups excluding carboxylic acids is 2. The van der Waals surface area contributed by atoms with Crippen molar-refractivity contribution in [2.24, 2.45) is 0 Å². The number of amides is 2. The second-order valence-corrected chi connectivity index (χ2v) is 6.27. The zero-order valence-corrected chi connectivity index (χ0v) is 13.7. The minimum atomic E-state index is -0.986. The van der Waals surface area contributed by atoms with E-state index in [1.807, 2.05) is 0 Å². The number of carbonyl (C=O) groups is 3. The van der Waals surface area contributed by atoms with Crippen LogP contribution in [-0.2, 0) is 4.79 Å². The quantitative estimate of drug-likeness (QED) is 0.857. The van der Waals surface area contributed by atoms with Gasteiger partial charge in [0.05, 0.1) is 10.5 Å². The lowest BCUT2D eigenvalue weighted by Crippen LogP contribution is -2.22. The van der Waals surface area contributed by atoms with Crippen LogP contribution in [0.25, 0.3) is 17.4 Å². The molecule has 0 atom stereocenters. The highest BCUT2D eigenvalue weighted by Gasteiger charge is 2.32. The van der Waals surface area contributed by atoms with Crippen molar-refractivity contribution >= 4 is 35.0 Å². The molecule has 7 heteroatoms. The van der Waals surface area contributed by atoms with Gasteiger partial charge in [0.15, 0.2) is 0 Å². The zero-order valence-electron chi connectivity index (χ0n) is 12.9. The molecule has 0 spiro atoms. The number of aryl methyl sites for hydroxylation is 1. The van der Waals surface area contributed by atoms with E-state index in [4.69, 9.17) is 9.52 Å². The first-order valence-corrected chi connectivity index (χ1v) is 7.84. The smallest absolute Gasteiger partial charge is 0.335 e. The SMILES string of the molecule is Cc1cc(C(=O)O)ccc1-c1ccc(C=C2SC(=O)N(C)C2=O)o1. The number of hydrogen-bond acceptors (Lipinski definition) is 5. The second kappa shape index (κ2) is 6.01. The van der Waals surface area contributed by atoms with Gasteiger partial charge in [-0.1, -0.05) is 6.07 Å². The lowest BCUT2D eigenvalue weighted by molar-refractivity contribution is -0.121. The fourth-order valence-electron chi connectivity index (χ4n) is 2.32. The number of benzene rings is 1. The minimum Gasteiger partial charge on any atom is -0.478 e. The number of aromatic carboxylic acids is 1. The van der Waals surface area contributed by atoms with Crippen molar-refractivity contribution in [1.82, 2.24) is 4.90 Å². The summed E-state index contributed by atoms with van der Waals surface area (Å²) in [7, 11) is 1.43. The van der Waals surface area contributed by atoms with E-state index in [1.165, 1.54) is 19.2 Å². The number of rotatable bonds is 3. The number of carboxylic acid groups (broad SMARTS) is 1. The first-order chi connectivity index (χ1) is 11.4. The Morgan fingerprint density at radius 3 is 2.58 bits per heavy atom. The van der Waals surface area contributed by atoms with Gasteiger partial charge in [-0.3, -0.25) is 14.5 Å². The van der Waals surface area contributed by atoms with E-state index < -0.39 is 5.97 Å². The molecule has 122 valence electrons. The Morgan fingerprint density at radius 2 is 2.00 bits per heavy atom. The number of likely N-dealkylation sites (N-methyl/N-ethyl adjacent to an activating group) is 1. The van der Waals surface area contributed by atoms with E-state index in [0.717, 1.165) is 27.8 Å². The standard InChI is InChI=1S/C17H13NO5S/c1-9-7-10(16(20)21)3-5-12(9)13-6-4-11(23-13)8-14-15(19)18(2)17(22)24-14/h3-8H,1-2H3,(H,20,21). The third-order valence-corrected chi connectivity index (χ3v) is 4.59. The van der Waals surface area contributed by atoms with Gasteiger partial charge in [-0.05, 0) is 48.5 Å². The molecule has 2 amide bonds. The average Bonchev–Trinajstić information content (AvgIpc) is 3.08. The summed E-state index contributed by atoms with van der Waals surface area (Å²) in [5, 5.41) is 8.68. The number of thioether (sulfide) groups is 1. The van der Waals surface area contributed by atoms with E-state index in [2.05, 4.69) is 0 Å². The summed E-state index contributed by atoms with van der Waals surface area (Å²) in [5.41, 5.74) is 1.74. The van der Waals surface area contributed by atoms with Gasteiger partial charge in [0.2, 0.25) is 0 Å². The lowest BCUT2D eigenvalue weighted by Gasteiger charge is -2.04. The highest BCUT2D eigenvalue weighted by molar-refractivity contribution is 8.18. The zero-order chi connectivity index (χ0) is 17.4. The Labute approximate surface area is 141 Å². The van der Waals surface area contributed by atoms with Crippen LogP contribution in [0.1, 0.15) is 21.7 Å². The topological polar surface area (TPSA) is 87.8 Å². The normalized spacial score (nSPS) is 16.2. The third-order valence-electron chi connectivity index (χ3n) is 3.63. The van der Waals surface area contributed by atoms with Gasteiger partial charge >= 0.3 is 5.97 Å². The summed E-state index contributed by atoms with van der Waals surface area (Å²) in [5.74, 6) is -0.331. The average molecular weight is 343 g/mol. The Kier molecular flexibility index (Phi) is 4.02. The van der Waals surface area contributed by atoms with Crippen LogP contribution in [0.4, 0.5) is 4.79 Å². The lowest BCUT2D eigenvalue weighted by atomic mass is 10.0. The first kappa shape index (κ1) is 16.1. The number of imide groups is 1. The fourth-order valence-corrected chi connectivity index (χ4v) is 3.13. The molecule has 1 aliphatic heterocycles. The molecule has 1 aromatic carbocycles. The number of furan rings is 1. The molecule has 0 bridgehead atoms. The van der Waals surface area contributed by atoms with Gasteiger partial charge in [-0.25, -0.2) is 4.79 Å². The molecule has 3 rings (SSSR count). The van der Waals surface area contributed by atoms with Crippen LogP contribution in [-0.4, -0.2) is 34.2 Å². The summed E-state index contributed by atoms with van der Waals surface area (Å²) < 4.78 is 5.71. The molecule has 2 aromatic rings. The molecule has 0 unspecified atom stereocenters. The van der Waals surface area contributed by atoms with Crippen LogP contribution < -0.4 is 0 Å². The van der Waals surface area contributed by atoms with Crippen LogP contribution >= 0.6 is 11.8 Å². The van der Waals surface area contributed by atoms with Crippen LogP contribution in [0.15, 0.2) is 39.7 Å². The molecule has 6 nitrogen and oxygen atoms in total. The van der Waals surface area contributed by atoms with Gasteiger partial charge < -0.3 is 9.52 Å². The van der Waals surface area contributed by atoms with E-state index >= 15 is 0 Å². The molecule has 1 N–H and O–H groups in total. The van der Waals surface area contributed by atoms with Crippen molar-refractivity contribution in [2.75, 3.05) is 7.05 Å². The van der Waals surface area contributed by atoms with Crippen LogP contribution in [0, 0.1) is 6.92 Å². The predicted molar refractivity (Wildman–Crippen MR) is 89.6 cm³/mol. The van der Waals surface area contributed by atoms with Gasteiger partial charge in [-0.15, -0.1) is 0 Å². The largest absolute Gasteiger partial charge is 0.478 e. The van der Waals surface area contributed by atoms with Crippen molar-refractivity contribution in [1.29, 1.82) is 0 Å².